The molecule has 0 bridgehead atoms. The van der Waals surface area contributed by atoms with Crippen molar-refractivity contribution in [3.8, 4) is 11.3 Å². The molecule has 0 atom stereocenters. The summed E-state index contributed by atoms with van der Waals surface area (Å²) in [5.41, 5.74) is 6.31. The second kappa shape index (κ2) is 7.14. The van der Waals surface area contributed by atoms with E-state index in [1.54, 1.807) is 0 Å². The SMILES string of the molecule is Clc1ccc2c(c1)Cc1c(C3CCN(CCc4ccccc4)CC3)noc1-2. The lowest BCUT2D eigenvalue weighted by Crippen LogP contribution is -2.34. The number of nitrogens with zero attached hydrogens (tertiary/aromatic N) is 2. The maximum absolute atomic E-state index is 6.16. The van der Waals surface area contributed by atoms with Gasteiger partial charge in [-0.15, -0.1) is 0 Å². The fourth-order valence-corrected chi connectivity index (χ4v) is 4.70. The predicted octanol–water partition coefficient (Wildman–Crippen LogP) is 5.32. The Bertz CT molecular complexity index is 942. The molecule has 0 spiro atoms. The lowest BCUT2D eigenvalue weighted by atomic mass is 9.90. The number of hydrogen-bond donors (Lipinski definition) is 0. The standard InChI is InChI=1S/C23H23ClN2O/c24-19-6-7-20-18(14-19)15-21-22(25-27-23(20)21)17-9-12-26(13-10-17)11-8-16-4-2-1-3-5-16/h1-7,14,17H,8-13,15H2. The van der Waals surface area contributed by atoms with Crippen LogP contribution in [0.3, 0.4) is 0 Å². The highest BCUT2D eigenvalue weighted by molar-refractivity contribution is 6.30. The molecule has 0 saturated carbocycles. The van der Waals surface area contributed by atoms with Crippen LogP contribution in [0.5, 0.6) is 0 Å². The van der Waals surface area contributed by atoms with Gasteiger partial charge < -0.3 is 9.42 Å². The Morgan fingerprint density at radius 3 is 2.70 bits per heavy atom. The summed E-state index contributed by atoms with van der Waals surface area (Å²) in [4.78, 5) is 2.58. The monoisotopic (exact) mass is 378 g/mol. The molecule has 0 amide bonds. The third-order valence-corrected chi connectivity index (χ3v) is 6.27. The molecule has 5 rings (SSSR count). The second-order valence-corrected chi connectivity index (χ2v) is 8.14. The fraction of sp³-hybridized carbons (Fsp3) is 0.348. The predicted molar refractivity (Wildman–Crippen MR) is 108 cm³/mol. The first-order valence-corrected chi connectivity index (χ1v) is 10.2. The zero-order valence-electron chi connectivity index (χ0n) is 15.3. The van der Waals surface area contributed by atoms with Crippen molar-refractivity contribution in [2.24, 2.45) is 0 Å². The summed E-state index contributed by atoms with van der Waals surface area (Å²) in [6, 6.07) is 16.8. The van der Waals surface area contributed by atoms with Gasteiger partial charge in [0.05, 0.1) is 5.69 Å². The molecule has 1 saturated heterocycles. The van der Waals surface area contributed by atoms with Crippen molar-refractivity contribution >= 4 is 11.6 Å². The van der Waals surface area contributed by atoms with E-state index in [1.165, 1.54) is 22.4 Å². The molecular weight excluding hydrogens is 356 g/mol. The van der Waals surface area contributed by atoms with Gasteiger partial charge in [0.2, 0.25) is 0 Å². The van der Waals surface area contributed by atoms with Crippen molar-refractivity contribution in [2.75, 3.05) is 19.6 Å². The number of aromatic nitrogens is 1. The van der Waals surface area contributed by atoms with Gasteiger partial charge in [-0.1, -0.05) is 47.1 Å². The highest BCUT2D eigenvalue weighted by Crippen LogP contribution is 2.43. The van der Waals surface area contributed by atoms with Crippen molar-refractivity contribution in [3.05, 3.63) is 75.9 Å². The molecule has 0 N–H and O–H groups in total. The van der Waals surface area contributed by atoms with Crippen molar-refractivity contribution in [1.29, 1.82) is 0 Å². The van der Waals surface area contributed by atoms with Gasteiger partial charge in [0.1, 0.15) is 0 Å². The van der Waals surface area contributed by atoms with Gasteiger partial charge in [0.25, 0.3) is 0 Å². The van der Waals surface area contributed by atoms with E-state index < -0.39 is 0 Å². The average Bonchev–Trinajstić information content (AvgIpc) is 3.26. The third kappa shape index (κ3) is 3.30. The average molecular weight is 379 g/mol. The minimum absolute atomic E-state index is 0.509. The van der Waals surface area contributed by atoms with Gasteiger partial charge in [0, 0.05) is 35.0 Å². The Balaban J connectivity index is 1.23. The first kappa shape index (κ1) is 17.0. The minimum Gasteiger partial charge on any atom is -0.356 e. The minimum atomic E-state index is 0.509. The van der Waals surface area contributed by atoms with Gasteiger partial charge >= 0.3 is 0 Å². The summed E-state index contributed by atoms with van der Waals surface area (Å²) in [5, 5.41) is 5.27. The quantitative estimate of drug-likeness (QED) is 0.481. The van der Waals surface area contributed by atoms with E-state index in [2.05, 4.69) is 52.5 Å². The van der Waals surface area contributed by atoms with Crippen molar-refractivity contribution in [3.63, 3.8) is 0 Å². The Morgan fingerprint density at radius 1 is 1.07 bits per heavy atom. The highest BCUT2D eigenvalue weighted by Gasteiger charge is 2.32. The van der Waals surface area contributed by atoms with Crippen LogP contribution in [-0.2, 0) is 12.8 Å². The number of halogens is 1. The summed E-state index contributed by atoms with van der Waals surface area (Å²) in [6.07, 6.45) is 4.34. The lowest BCUT2D eigenvalue weighted by molar-refractivity contribution is 0.211. The maximum atomic E-state index is 6.16. The molecule has 0 unspecified atom stereocenters. The number of hydrogen-bond acceptors (Lipinski definition) is 3. The van der Waals surface area contributed by atoms with Crippen LogP contribution < -0.4 is 0 Å². The largest absolute Gasteiger partial charge is 0.356 e. The van der Waals surface area contributed by atoms with Crippen LogP contribution in [0, 0.1) is 0 Å². The van der Waals surface area contributed by atoms with E-state index in [0.717, 1.165) is 61.7 Å². The number of likely N-dealkylation sites (tertiary alicyclic amines) is 1. The first-order valence-electron chi connectivity index (χ1n) is 9.81. The van der Waals surface area contributed by atoms with Gasteiger partial charge in [-0.3, -0.25) is 0 Å². The van der Waals surface area contributed by atoms with Crippen LogP contribution in [0.4, 0.5) is 0 Å². The number of rotatable bonds is 4. The number of piperidine rings is 1. The van der Waals surface area contributed by atoms with E-state index in [0.29, 0.717) is 5.92 Å². The highest BCUT2D eigenvalue weighted by atomic mass is 35.5. The fourth-order valence-electron chi connectivity index (χ4n) is 4.51. The summed E-state index contributed by atoms with van der Waals surface area (Å²) in [5.74, 6) is 1.47. The van der Waals surface area contributed by atoms with Crippen molar-refractivity contribution < 1.29 is 4.52 Å². The molecule has 2 heterocycles. The molecule has 0 radical (unpaired) electrons. The Kier molecular flexibility index (Phi) is 4.50. The number of fused-ring (bicyclic) bond motifs is 3. The molecule has 138 valence electrons. The van der Waals surface area contributed by atoms with Gasteiger partial charge in [-0.05, 0) is 61.7 Å². The Labute approximate surface area is 164 Å². The van der Waals surface area contributed by atoms with Crippen LogP contribution in [0.1, 0.15) is 41.1 Å². The first-order chi connectivity index (χ1) is 13.3. The third-order valence-electron chi connectivity index (χ3n) is 6.03. The van der Waals surface area contributed by atoms with E-state index >= 15 is 0 Å². The normalized spacial score (nSPS) is 17.1. The van der Waals surface area contributed by atoms with E-state index in [1.807, 2.05) is 6.07 Å². The summed E-state index contributed by atoms with van der Waals surface area (Å²) in [7, 11) is 0. The smallest absolute Gasteiger partial charge is 0.170 e. The molecule has 1 aliphatic carbocycles. The summed E-state index contributed by atoms with van der Waals surface area (Å²) in [6.45, 7) is 3.41. The van der Waals surface area contributed by atoms with E-state index in [4.69, 9.17) is 16.1 Å². The van der Waals surface area contributed by atoms with Crippen LogP contribution in [0.2, 0.25) is 5.02 Å². The maximum Gasteiger partial charge on any atom is 0.170 e. The van der Waals surface area contributed by atoms with E-state index in [-0.39, 0.29) is 0 Å². The van der Waals surface area contributed by atoms with Crippen LogP contribution >= 0.6 is 11.6 Å². The molecule has 2 aromatic carbocycles. The molecule has 27 heavy (non-hydrogen) atoms. The zero-order valence-corrected chi connectivity index (χ0v) is 16.1. The summed E-state index contributed by atoms with van der Waals surface area (Å²) >= 11 is 6.16. The van der Waals surface area contributed by atoms with Gasteiger partial charge in [-0.25, -0.2) is 0 Å². The van der Waals surface area contributed by atoms with Crippen LogP contribution in [0.15, 0.2) is 53.1 Å². The van der Waals surface area contributed by atoms with Gasteiger partial charge in [0.15, 0.2) is 5.76 Å². The Hall–Kier alpha value is -2.10. The summed E-state index contributed by atoms with van der Waals surface area (Å²) < 4.78 is 5.75. The van der Waals surface area contributed by atoms with Crippen LogP contribution in [-0.4, -0.2) is 29.7 Å². The van der Waals surface area contributed by atoms with Crippen molar-refractivity contribution in [1.82, 2.24) is 10.1 Å². The zero-order chi connectivity index (χ0) is 18.2. The second-order valence-electron chi connectivity index (χ2n) is 7.71. The molecule has 1 fully saturated rings. The van der Waals surface area contributed by atoms with Crippen molar-refractivity contribution in [2.45, 2.75) is 31.6 Å². The molecule has 4 heteroatoms. The topological polar surface area (TPSA) is 29.3 Å². The van der Waals surface area contributed by atoms with E-state index in [9.17, 15) is 0 Å². The molecule has 3 aromatic rings. The molecule has 1 aromatic heterocycles. The Morgan fingerprint density at radius 2 is 1.89 bits per heavy atom. The van der Waals surface area contributed by atoms with Crippen LogP contribution in [0.25, 0.3) is 11.3 Å². The molecule has 2 aliphatic rings. The van der Waals surface area contributed by atoms with Gasteiger partial charge in [-0.2, -0.15) is 0 Å². The lowest BCUT2D eigenvalue weighted by Gasteiger charge is -2.31. The molecule has 1 aliphatic heterocycles. The molecule has 3 nitrogen and oxygen atoms in total. The number of benzene rings is 2. The molecular formula is C23H23ClN2O.